The summed E-state index contributed by atoms with van der Waals surface area (Å²) in [6.45, 7) is 2.91. The lowest BCUT2D eigenvalue weighted by atomic mass is 9.95. The van der Waals surface area contributed by atoms with Crippen molar-refractivity contribution in [3.05, 3.63) is 22.3 Å². The van der Waals surface area contributed by atoms with Crippen molar-refractivity contribution in [1.29, 1.82) is 0 Å². The summed E-state index contributed by atoms with van der Waals surface area (Å²) >= 11 is 3.39. The number of hydrogen-bond donors (Lipinski definition) is 2. The first-order valence-corrected chi connectivity index (χ1v) is 8.20. The van der Waals surface area contributed by atoms with Crippen LogP contribution in [0.4, 0.5) is 5.82 Å². The molecule has 5 heteroatoms. The lowest BCUT2D eigenvalue weighted by Crippen LogP contribution is -2.36. The smallest absolute Gasteiger partial charge is 0.255 e. The van der Waals surface area contributed by atoms with Crippen LogP contribution in [0.1, 0.15) is 55.8 Å². The number of anilines is 1. The molecular formula is C15H22BrN3O. The molecule has 1 fully saturated rings. The molecule has 110 valence electrons. The van der Waals surface area contributed by atoms with E-state index < -0.39 is 0 Å². The molecule has 1 aliphatic rings. The Morgan fingerprint density at radius 2 is 2.15 bits per heavy atom. The second-order valence-corrected chi connectivity index (χ2v) is 6.20. The molecule has 4 nitrogen and oxygen atoms in total. The summed E-state index contributed by atoms with van der Waals surface area (Å²) in [7, 11) is 0. The first-order valence-electron chi connectivity index (χ1n) is 7.41. The normalized spacial score (nSPS) is 15.9. The van der Waals surface area contributed by atoms with Gasteiger partial charge in [-0.3, -0.25) is 4.79 Å². The zero-order chi connectivity index (χ0) is 14.4. The molecule has 0 aliphatic heterocycles. The van der Waals surface area contributed by atoms with Gasteiger partial charge in [0.15, 0.2) is 0 Å². The van der Waals surface area contributed by atoms with Gasteiger partial charge in [-0.15, -0.1) is 0 Å². The van der Waals surface area contributed by atoms with Crippen LogP contribution in [0.25, 0.3) is 0 Å². The van der Waals surface area contributed by atoms with Crippen LogP contribution in [0.5, 0.6) is 0 Å². The van der Waals surface area contributed by atoms with Crippen LogP contribution in [0.15, 0.2) is 16.7 Å². The van der Waals surface area contributed by atoms with E-state index in [4.69, 9.17) is 0 Å². The van der Waals surface area contributed by atoms with E-state index in [-0.39, 0.29) is 5.91 Å². The third-order valence-corrected chi connectivity index (χ3v) is 4.02. The minimum Gasteiger partial charge on any atom is -0.369 e. The van der Waals surface area contributed by atoms with E-state index in [2.05, 4.69) is 38.5 Å². The minimum absolute atomic E-state index is 0.0238. The number of nitrogens with one attached hydrogen (secondary N) is 2. The Kier molecular flexibility index (Phi) is 5.83. The minimum atomic E-state index is -0.0238. The second-order valence-electron chi connectivity index (χ2n) is 5.28. The van der Waals surface area contributed by atoms with Gasteiger partial charge < -0.3 is 10.6 Å². The van der Waals surface area contributed by atoms with Crippen LogP contribution in [-0.4, -0.2) is 23.5 Å². The Bertz CT molecular complexity index is 458. The van der Waals surface area contributed by atoms with E-state index in [1.165, 1.54) is 19.3 Å². The van der Waals surface area contributed by atoms with Crippen molar-refractivity contribution in [2.75, 3.05) is 11.9 Å². The molecule has 0 radical (unpaired) electrons. The van der Waals surface area contributed by atoms with Crippen LogP contribution < -0.4 is 10.6 Å². The monoisotopic (exact) mass is 339 g/mol. The van der Waals surface area contributed by atoms with Gasteiger partial charge >= 0.3 is 0 Å². The lowest BCUT2D eigenvalue weighted by Gasteiger charge is -2.23. The predicted molar refractivity (Wildman–Crippen MR) is 85.1 cm³/mol. The molecule has 0 unspecified atom stereocenters. The highest BCUT2D eigenvalue weighted by Gasteiger charge is 2.19. The quantitative estimate of drug-likeness (QED) is 0.859. The number of rotatable bonds is 5. The van der Waals surface area contributed by atoms with Crippen molar-refractivity contribution in [2.45, 2.75) is 51.5 Å². The molecule has 1 amide bonds. The Morgan fingerprint density at radius 3 is 2.85 bits per heavy atom. The summed E-state index contributed by atoms with van der Waals surface area (Å²) in [5.74, 6) is 0.646. The molecule has 0 atom stereocenters. The van der Waals surface area contributed by atoms with Crippen molar-refractivity contribution in [3.8, 4) is 0 Å². The Morgan fingerprint density at radius 1 is 1.40 bits per heavy atom. The van der Waals surface area contributed by atoms with E-state index >= 15 is 0 Å². The Labute approximate surface area is 128 Å². The highest BCUT2D eigenvalue weighted by Crippen LogP contribution is 2.21. The number of halogens is 1. The van der Waals surface area contributed by atoms with Crippen molar-refractivity contribution < 1.29 is 4.79 Å². The number of carbonyl (C=O) groups is 1. The van der Waals surface area contributed by atoms with Crippen molar-refractivity contribution in [1.82, 2.24) is 10.3 Å². The molecule has 0 saturated heterocycles. The van der Waals surface area contributed by atoms with Crippen molar-refractivity contribution in [3.63, 3.8) is 0 Å². The Hall–Kier alpha value is -1.10. The van der Waals surface area contributed by atoms with Gasteiger partial charge in [-0.2, -0.15) is 0 Å². The number of nitrogens with zero attached hydrogens (tertiary/aromatic N) is 1. The molecule has 2 N–H and O–H groups in total. The van der Waals surface area contributed by atoms with E-state index in [1.807, 2.05) is 6.07 Å². The van der Waals surface area contributed by atoms with Gasteiger partial charge in [0.1, 0.15) is 5.82 Å². The molecule has 0 spiro atoms. The summed E-state index contributed by atoms with van der Waals surface area (Å²) in [4.78, 5) is 16.7. The van der Waals surface area contributed by atoms with Gasteiger partial charge in [0.2, 0.25) is 0 Å². The maximum Gasteiger partial charge on any atom is 0.255 e. The first kappa shape index (κ1) is 15.3. The third kappa shape index (κ3) is 4.20. The summed E-state index contributed by atoms with van der Waals surface area (Å²) in [6.07, 6.45) is 8.60. The standard InChI is InChI=1S/C15H22BrN3O/c1-2-8-17-14-13(9-11(16)10-18-14)15(20)19-12-6-4-3-5-7-12/h9-10,12H,2-8H2,1H3,(H,17,18)(H,19,20). The number of carbonyl (C=O) groups excluding carboxylic acids is 1. The molecule has 1 aromatic heterocycles. The van der Waals surface area contributed by atoms with E-state index in [9.17, 15) is 4.79 Å². The second kappa shape index (κ2) is 7.62. The number of amides is 1. The highest BCUT2D eigenvalue weighted by atomic mass is 79.9. The zero-order valence-electron chi connectivity index (χ0n) is 11.9. The summed E-state index contributed by atoms with van der Waals surface area (Å²) in [6, 6.07) is 2.15. The fourth-order valence-corrected chi connectivity index (χ4v) is 2.84. The van der Waals surface area contributed by atoms with E-state index in [1.54, 1.807) is 6.20 Å². The zero-order valence-corrected chi connectivity index (χ0v) is 13.5. The molecular weight excluding hydrogens is 318 g/mol. The third-order valence-electron chi connectivity index (χ3n) is 3.58. The van der Waals surface area contributed by atoms with Crippen LogP contribution in [0.3, 0.4) is 0 Å². The molecule has 1 aromatic rings. The molecule has 0 bridgehead atoms. The molecule has 1 saturated carbocycles. The van der Waals surface area contributed by atoms with E-state index in [0.29, 0.717) is 17.4 Å². The number of hydrogen-bond acceptors (Lipinski definition) is 3. The molecule has 2 rings (SSSR count). The lowest BCUT2D eigenvalue weighted by molar-refractivity contribution is 0.0928. The fraction of sp³-hybridized carbons (Fsp3) is 0.600. The van der Waals surface area contributed by atoms with Gasteiger partial charge in [-0.1, -0.05) is 26.2 Å². The van der Waals surface area contributed by atoms with Gasteiger partial charge in [-0.05, 0) is 41.3 Å². The maximum atomic E-state index is 12.4. The van der Waals surface area contributed by atoms with E-state index in [0.717, 1.165) is 30.3 Å². The molecule has 20 heavy (non-hydrogen) atoms. The SMILES string of the molecule is CCCNc1ncc(Br)cc1C(=O)NC1CCCCC1. The molecule has 0 aromatic carbocycles. The average molecular weight is 340 g/mol. The molecule has 1 aliphatic carbocycles. The van der Waals surface area contributed by atoms with Gasteiger partial charge in [0.25, 0.3) is 5.91 Å². The predicted octanol–water partition coefficient (Wildman–Crippen LogP) is 3.73. The number of aromatic nitrogens is 1. The van der Waals surface area contributed by atoms with Gasteiger partial charge in [0.05, 0.1) is 5.56 Å². The largest absolute Gasteiger partial charge is 0.369 e. The highest BCUT2D eigenvalue weighted by molar-refractivity contribution is 9.10. The van der Waals surface area contributed by atoms with Gasteiger partial charge in [-0.25, -0.2) is 4.98 Å². The van der Waals surface area contributed by atoms with Crippen LogP contribution in [0.2, 0.25) is 0 Å². The van der Waals surface area contributed by atoms with Crippen LogP contribution >= 0.6 is 15.9 Å². The fourth-order valence-electron chi connectivity index (χ4n) is 2.51. The van der Waals surface area contributed by atoms with Crippen LogP contribution in [-0.2, 0) is 0 Å². The van der Waals surface area contributed by atoms with Gasteiger partial charge in [0, 0.05) is 23.3 Å². The summed E-state index contributed by atoms with van der Waals surface area (Å²) in [5.41, 5.74) is 0.624. The molecule has 1 heterocycles. The summed E-state index contributed by atoms with van der Waals surface area (Å²) < 4.78 is 0.827. The Balaban J connectivity index is 2.08. The topological polar surface area (TPSA) is 54.0 Å². The average Bonchev–Trinajstić information content (AvgIpc) is 2.47. The number of pyridine rings is 1. The maximum absolute atomic E-state index is 12.4. The first-order chi connectivity index (χ1) is 9.70. The summed E-state index contributed by atoms with van der Waals surface area (Å²) in [5, 5.41) is 6.35. The van der Waals surface area contributed by atoms with Crippen molar-refractivity contribution >= 4 is 27.7 Å². The van der Waals surface area contributed by atoms with Crippen molar-refractivity contribution in [2.24, 2.45) is 0 Å². The van der Waals surface area contributed by atoms with Crippen LogP contribution in [0, 0.1) is 0 Å².